The maximum absolute atomic E-state index is 11.1. The summed E-state index contributed by atoms with van der Waals surface area (Å²) in [7, 11) is 1.39. The van der Waals surface area contributed by atoms with Crippen LogP contribution in [0.2, 0.25) is 0 Å². The van der Waals surface area contributed by atoms with Crippen LogP contribution in [0.15, 0.2) is 11.6 Å². The zero-order valence-electron chi connectivity index (χ0n) is 10.5. The Hall–Kier alpha value is -0.870. The van der Waals surface area contributed by atoms with E-state index < -0.39 is 0 Å². The van der Waals surface area contributed by atoms with E-state index >= 15 is 0 Å². The summed E-state index contributed by atoms with van der Waals surface area (Å²) in [4.78, 5) is 11.1. The van der Waals surface area contributed by atoms with E-state index in [0.29, 0.717) is 12.1 Å². The van der Waals surface area contributed by atoms with Gasteiger partial charge in [0.2, 0.25) is 0 Å². The third kappa shape index (κ3) is 3.06. The molecule has 0 spiro atoms. The van der Waals surface area contributed by atoms with Gasteiger partial charge in [0.1, 0.15) is 0 Å². The first kappa shape index (κ1) is 13.2. The molecule has 1 N–H and O–H groups in total. The lowest BCUT2D eigenvalue weighted by Gasteiger charge is -2.28. The fourth-order valence-corrected chi connectivity index (χ4v) is 1.75. The number of hydrogen-bond acceptors (Lipinski definition) is 4. The summed E-state index contributed by atoms with van der Waals surface area (Å²) in [5.41, 5.74) is 0.637. The van der Waals surface area contributed by atoms with Gasteiger partial charge in [-0.05, 0) is 27.2 Å². The van der Waals surface area contributed by atoms with Crippen LogP contribution in [0.4, 0.5) is 0 Å². The van der Waals surface area contributed by atoms with E-state index in [4.69, 9.17) is 4.74 Å². The van der Waals surface area contributed by atoms with Crippen LogP contribution in [0.1, 0.15) is 27.2 Å². The molecule has 92 valence electrons. The second-order valence-electron chi connectivity index (χ2n) is 4.44. The summed E-state index contributed by atoms with van der Waals surface area (Å²) < 4.78 is 10.1. The van der Waals surface area contributed by atoms with Gasteiger partial charge in [-0.15, -0.1) is 0 Å². The van der Waals surface area contributed by atoms with Crippen LogP contribution < -0.4 is 5.32 Å². The molecule has 0 aromatic rings. The number of nitrogens with one attached hydrogen (secondary N) is 1. The first-order valence-corrected chi connectivity index (χ1v) is 5.61. The molecule has 1 fully saturated rings. The van der Waals surface area contributed by atoms with E-state index in [1.165, 1.54) is 7.11 Å². The van der Waals surface area contributed by atoms with Gasteiger partial charge in [-0.2, -0.15) is 0 Å². The zero-order valence-corrected chi connectivity index (χ0v) is 10.5. The largest absolute Gasteiger partial charge is 0.466 e. The fourth-order valence-electron chi connectivity index (χ4n) is 1.75. The second-order valence-corrected chi connectivity index (χ2v) is 4.44. The molecule has 0 aromatic heterocycles. The summed E-state index contributed by atoms with van der Waals surface area (Å²) in [6, 6.07) is 0. The third-order valence-corrected chi connectivity index (χ3v) is 3.31. The zero-order chi connectivity index (χ0) is 12.2. The molecule has 0 bridgehead atoms. The van der Waals surface area contributed by atoms with E-state index in [2.05, 4.69) is 23.9 Å². The molecular weight excluding hydrogens is 206 g/mol. The van der Waals surface area contributed by atoms with E-state index in [1.54, 1.807) is 6.92 Å². The van der Waals surface area contributed by atoms with Gasteiger partial charge >= 0.3 is 5.97 Å². The Balaban J connectivity index is 2.43. The van der Waals surface area contributed by atoms with Crippen LogP contribution >= 0.6 is 0 Å². The molecule has 0 radical (unpaired) electrons. The maximum Gasteiger partial charge on any atom is 0.333 e. The van der Waals surface area contributed by atoms with Crippen molar-refractivity contribution < 1.29 is 14.3 Å². The number of methoxy groups -OCH3 is 1. The number of esters is 1. The van der Waals surface area contributed by atoms with Crippen molar-refractivity contribution in [3.63, 3.8) is 0 Å². The average molecular weight is 227 g/mol. The summed E-state index contributed by atoms with van der Waals surface area (Å²) >= 11 is 0. The number of carbonyl (C=O) groups is 1. The van der Waals surface area contributed by atoms with Crippen molar-refractivity contribution >= 4 is 5.97 Å². The van der Waals surface area contributed by atoms with Crippen LogP contribution in [0.5, 0.6) is 0 Å². The summed E-state index contributed by atoms with van der Waals surface area (Å²) in [5, 5.41) is 3.41. The van der Waals surface area contributed by atoms with Gasteiger partial charge in [0.15, 0.2) is 0 Å². The minimum atomic E-state index is -0.275. The number of hydrogen-bond donors (Lipinski definition) is 1. The van der Waals surface area contributed by atoms with Gasteiger partial charge < -0.3 is 14.8 Å². The van der Waals surface area contributed by atoms with Gasteiger partial charge in [-0.1, -0.05) is 6.08 Å². The minimum absolute atomic E-state index is 0.00684. The molecule has 2 unspecified atom stereocenters. The van der Waals surface area contributed by atoms with Crippen molar-refractivity contribution in [1.82, 2.24) is 5.32 Å². The van der Waals surface area contributed by atoms with E-state index in [9.17, 15) is 4.79 Å². The van der Waals surface area contributed by atoms with Gasteiger partial charge in [-0.3, -0.25) is 0 Å². The summed E-state index contributed by atoms with van der Waals surface area (Å²) in [6.45, 7) is 7.42. The predicted molar refractivity (Wildman–Crippen MR) is 62.2 cm³/mol. The molecule has 4 nitrogen and oxygen atoms in total. The minimum Gasteiger partial charge on any atom is -0.466 e. The number of rotatable bonds is 4. The molecule has 1 saturated heterocycles. The van der Waals surface area contributed by atoms with E-state index in [0.717, 1.165) is 13.0 Å². The Bertz CT molecular complexity index is 288. The topological polar surface area (TPSA) is 47.6 Å². The molecule has 1 aliphatic rings. The van der Waals surface area contributed by atoms with Crippen molar-refractivity contribution in [3.8, 4) is 0 Å². The first-order chi connectivity index (χ1) is 7.49. The Morgan fingerprint density at radius 3 is 2.88 bits per heavy atom. The predicted octanol–water partition coefficient (Wildman–Crippen LogP) is 1.26. The molecular formula is C12H21NO3. The average Bonchev–Trinajstić information content (AvgIpc) is 2.58. The van der Waals surface area contributed by atoms with Gasteiger partial charge in [-0.25, -0.2) is 4.79 Å². The summed E-state index contributed by atoms with van der Waals surface area (Å²) in [5.74, 6) is -0.275. The molecule has 1 heterocycles. The van der Waals surface area contributed by atoms with Crippen molar-refractivity contribution in [1.29, 1.82) is 0 Å². The quantitative estimate of drug-likeness (QED) is 0.580. The maximum atomic E-state index is 11.1. The van der Waals surface area contributed by atoms with Crippen LogP contribution in [0.25, 0.3) is 0 Å². The van der Waals surface area contributed by atoms with Crippen molar-refractivity contribution in [3.05, 3.63) is 11.6 Å². The highest BCUT2D eigenvalue weighted by Crippen LogP contribution is 2.24. The molecule has 0 aliphatic carbocycles. The van der Waals surface area contributed by atoms with Crippen molar-refractivity contribution in [2.45, 2.75) is 38.8 Å². The smallest absolute Gasteiger partial charge is 0.333 e. The summed E-state index contributed by atoms with van der Waals surface area (Å²) in [6.07, 6.45) is 3.06. The Labute approximate surface area is 97.0 Å². The molecule has 0 saturated carbocycles. The Kier molecular flexibility index (Phi) is 4.50. The van der Waals surface area contributed by atoms with E-state index in [1.807, 2.05) is 6.08 Å². The van der Waals surface area contributed by atoms with Crippen molar-refractivity contribution in [2.75, 3.05) is 20.3 Å². The number of ether oxygens (including phenoxy) is 2. The highest BCUT2D eigenvalue weighted by atomic mass is 16.5. The van der Waals surface area contributed by atoms with Crippen LogP contribution in [0, 0.1) is 0 Å². The second kappa shape index (κ2) is 5.46. The Morgan fingerprint density at radius 2 is 2.38 bits per heavy atom. The first-order valence-electron chi connectivity index (χ1n) is 5.61. The molecule has 1 aliphatic heterocycles. The highest BCUT2D eigenvalue weighted by Gasteiger charge is 2.35. The molecule has 2 atom stereocenters. The Morgan fingerprint density at radius 1 is 1.69 bits per heavy atom. The van der Waals surface area contributed by atoms with Crippen LogP contribution in [0.3, 0.4) is 0 Å². The molecule has 16 heavy (non-hydrogen) atoms. The number of carbonyl (C=O) groups excluding carboxylic acids is 1. The lowest BCUT2D eigenvalue weighted by Crippen LogP contribution is -2.47. The van der Waals surface area contributed by atoms with Crippen LogP contribution in [-0.4, -0.2) is 37.9 Å². The lowest BCUT2D eigenvalue weighted by atomic mass is 9.95. The lowest BCUT2D eigenvalue weighted by molar-refractivity contribution is -0.136. The van der Waals surface area contributed by atoms with Gasteiger partial charge in [0.05, 0.1) is 13.2 Å². The van der Waals surface area contributed by atoms with Crippen LogP contribution in [-0.2, 0) is 14.3 Å². The van der Waals surface area contributed by atoms with E-state index in [-0.39, 0.29) is 17.6 Å². The molecule has 4 heteroatoms. The standard InChI is InChI=1S/C12H21NO3/c1-9(11(14)15-4)5-7-13-12(3)6-8-16-10(12)2/h5,10,13H,6-8H2,1-4H3. The monoisotopic (exact) mass is 227 g/mol. The normalized spacial score (nSPS) is 30.5. The SMILES string of the molecule is COC(=O)C(C)=CCNC1(C)CCOC1C. The fraction of sp³-hybridized carbons (Fsp3) is 0.750. The molecule has 1 rings (SSSR count). The van der Waals surface area contributed by atoms with Gasteiger partial charge in [0.25, 0.3) is 0 Å². The highest BCUT2D eigenvalue weighted by molar-refractivity contribution is 5.87. The molecule has 0 aromatic carbocycles. The third-order valence-electron chi connectivity index (χ3n) is 3.31. The van der Waals surface area contributed by atoms with Crippen molar-refractivity contribution in [2.24, 2.45) is 0 Å². The van der Waals surface area contributed by atoms with Gasteiger partial charge in [0, 0.05) is 24.3 Å². The molecule has 0 amide bonds.